The lowest BCUT2D eigenvalue weighted by Crippen LogP contribution is -2.02. The minimum absolute atomic E-state index is 0.369. The average molecular weight is 363 g/mol. The van der Waals surface area contributed by atoms with Crippen molar-refractivity contribution in [3.63, 3.8) is 0 Å². The molecule has 5 heteroatoms. The summed E-state index contributed by atoms with van der Waals surface area (Å²) in [5.41, 5.74) is 2.38. The van der Waals surface area contributed by atoms with Crippen molar-refractivity contribution in [2.24, 2.45) is 0 Å². The van der Waals surface area contributed by atoms with Crippen LogP contribution in [-0.2, 0) is 4.79 Å². The maximum absolute atomic E-state index is 11.3. The topological polar surface area (TPSA) is 57.7 Å². The molecule has 138 valence electrons. The number of ether oxygens (including phenoxy) is 3. The van der Waals surface area contributed by atoms with Gasteiger partial charge in [-0.2, -0.15) is 0 Å². The number of methoxy groups -OCH3 is 1. The molecular weight excluding hydrogens is 342 g/mol. The van der Waals surface area contributed by atoms with E-state index in [1.54, 1.807) is 13.2 Å². The summed E-state index contributed by atoms with van der Waals surface area (Å²) in [6.45, 7) is 3.87. The first-order valence-electron chi connectivity index (χ1n) is 8.68. The standard InChI is InChI=1S/C22H21NO4/c1-4-26-21-14-16(9-13-19(21)25-3)8-11-18-12-10-17-6-5-7-20(22(17)23-18)27-15(2)24/h5-14H,4H2,1-3H3. The molecule has 0 aliphatic carbocycles. The molecule has 0 amide bonds. The Bertz CT molecular complexity index is 995. The summed E-state index contributed by atoms with van der Waals surface area (Å²) >= 11 is 0. The van der Waals surface area contributed by atoms with Crippen LogP contribution in [0.1, 0.15) is 25.1 Å². The highest BCUT2D eigenvalue weighted by molar-refractivity contribution is 5.88. The van der Waals surface area contributed by atoms with Crippen LogP contribution in [0.5, 0.6) is 17.2 Å². The molecule has 0 fully saturated rings. The minimum atomic E-state index is -0.369. The van der Waals surface area contributed by atoms with Gasteiger partial charge in [-0.1, -0.05) is 30.3 Å². The number of carbonyl (C=O) groups is 1. The molecule has 5 nitrogen and oxygen atoms in total. The van der Waals surface area contributed by atoms with E-state index < -0.39 is 0 Å². The van der Waals surface area contributed by atoms with E-state index in [2.05, 4.69) is 4.98 Å². The Morgan fingerprint density at radius 3 is 2.63 bits per heavy atom. The Kier molecular flexibility index (Phi) is 5.71. The average Bonchev–Trinajstić information content (AvgIpc) is 2.67. The number of carbonyl (C=O) groups excluding carboxylic acids is 1. The van der Waals surface area contributed by atoms with Crippen LogP contribution in [0.2, 0.25) is 0 Å². The highest BCUT2D eigenvalue weighted by atomic mass is 16.5. The van der Waals surface area contributed by atoms with Gasteiger partial charge < -0.3 is 14.2 Å². The van der Waals surface area contributed by atoms with Crippen molar-refractivity contribution in [1.82, 2.24) is 4.98 Å². The normalized spacial score (nSPS) is 10.9. The molecule has 0 N–H and O–H groups in total. The van der Waals surface area contributed by atoms with Crippen molar-refractivity contribution in [2.45, 2.75) is 13.8 Å². The lowest BCUT2D eigenvalue weighted by atomic mass is 10.1. The molecule has 0 saturated carbocycles. The van der Waals surface area contributed by atoms with E-state index in [9.17, 15) is 4.79 Å². The zero-order valence-electron chi connectivity index (χ0n) is 15.6. The van der Waals surface area contributed by atoms with Crippen molar-refractivity contribution < 1.29 is 19.0 Å². The Labute approximate surface area is 158 Å². The lowest BCUT2D eigenvalue weighted by molar-refractivity contribution is -0.131. The molecule has 0 spiro atoms. The molecule has 0 bridgehead atoms. The van der Waals surface area contributed by atoms with E-state index in [1.807, 2.05) is 61.5 Å². The number of hydrogen-bond acceptors (Lipinski definition) is 5. The highest BCUT2D eigenvalue weighted by Gasteiger charge is 2.07. The second-order valence-corrected chi connectivity index (χ2v) is 5.83. The molecule has 3 rings (SSSR count). The summed E-state index contributed by atoms with van der Waals surface area (Å²) in [5, 5.41) is 0.911. The number of para-hydroxylation sites is 1. The first-order chi connectivity index (χ1) is 13.1. The third kappa shape index (κ3) is 4.44. The van der Waals surface area contributed by atoms with Gasteiger partial charge in [-0.25, -0.2) is 4.98 Å². The van der Waals surface area contributed by atoms with Gasteiger partial charge in [0.25, 0.3) is 0 Å². The number of benzene rings is 2. The van der Waals surface area contributed by atoms with Gasteiger partial charge in [0, 0.05) is 12.3 Å². The van der Waals surface area contributed by atoms with Crippen LogP contribution in [0, 0.1) is 0 Å². The van der Waals surface area contributed by atoms with Crippen molar-refractivity contribution in [3.8, 4) is 17.2 Å². The van der Waals surface area contributed by atoms with Gasteiger partial charge in [0.1, 0.15) is 5.52 Å². The summed E-state index contributed by atoms with van der Waals surface area (Å²) < 4.78 is 16.2. The molecule has 0 unspecified atom stereocenters. The molecule has 27 heavy (non-hydrogen) atoms. The Balaban J connectivity index is 1.92. The molecule has 1 heterocycles. The number of pyridine rings is 1. The van der Waals surface area contributed by atoms with Crippen molar-refractivity contribution in [3.05, 3.63) is 59.8 Å². The second kappa shape index (κ2) is 8.36. The van der Waals surface area contributed by atoms with Gasteiger partial charge in [-0.3, -0.25) is 4.79 Å². The number of aromatic nitrogens is 1. The molecule has 0 atom stereocenters. The predicted octanol–water partition coefficient (Wildman–Crippen LogP) is 4.74. The third-order valence-corrected chi connectivity index (χ3v) is 3.89. The third-order valence-electron chi connectivity index (χ3n) is 3.89. The molecule has 0 radical (unpaired) electrons. The van der Waals surface area contributed by atoms with Gasteiger partial charge in [-0.15, -0.1) is 0 Å². The van der Waals surface area contributed by atoms with Crippen molar-refractivity contribution in [1.29, 1.82) is 0 Å². The summed E-state index contributed by atoms with van der Waals surface area (Å²) in [7, 11) is 1.62. The fourth-order valence-electron chi connectivity index (χ4n) is 2.71. The summed E-state index contributed by atoms with van der Waals surface area (Å²) in [6, 6.07) is 15.1. The first-order valence-corrected chi connectivity index (χ1v) is 8.68. The molecule has 0 aliphatic heterocycles. The maximum Gasteiger partial charge on any atom is 0.308 e. The molecule has 1 aromatic heterocycles. The Hall–Kier alpha value is -3.34. The maximum atomic E-state index is 11.3. The van der Waals surface area contributed by atoms with Gasteiger partial charge in [-0.05, 0) is 42.8 Å². The van der Waals surface area contributed by atoms with E-state index in [0.29, 0.717) is 29.4 Å². The number of fused-ring (bicyclic) bond motifs is 1. The van der Waals surface area contributed by atoms with Gasteiger partial charge in [0.05, 0.1) is 19.4 Å². The zero-order chi connectivity index (χ0) is 19.2. The lowest BCUT2D eigenvalue weighted by Gasteiger charge is -2.09. The molecule has 2 aromatic carbocycles. The molecule has 0 saturated heterocycles. The molecule has 0 aliphatic rings. The number of rotatable bonds is 6. The van der Waals surface area contributed by atoms with Gasteiger partial charge in [0.2, 0.25) is 0 Å². The van der Waals surface area contributed by atoms with Crippen LogP contribution in [-0.4, -0.2) is 24.7 Å². The minimum Gasteiger partial charge on any atom is -0.493 e. The smallest absolute Gasteiger partial charge is 0.308 e. The van der Waals surface area contributed by atoms with Gasteiger partial charge >= 0.3 is 5.97 Å². The van der Waals surface area contributed by atoms with E-state index in [1.165, 1.54) is 6.92 Å². The highest BCUT2D eigenvalue weighted by Crippen LogP contribution is 2.29. The quantitative estimate of drug-likeness (QED) is 0.468. The number of nitrogens with zero attached hydrogens (tertiary/aromatic N) is 1. The van der Waals surface area contributed by atoms with Gasteiger partial charge in [0.15, 0.2) is 17.2 Å². The summed E-state index contributed by atoms with van der Waals surface area (Å²) in [6.07, 6.45) is 3.85. The molecule has 3 aromatic rings. The fourth-order valence-corrected chi connectivity index (χ4v) is 2.71. The largest absolute Gasteiger partial charge is 0.493 e. The van der Waals surface area contributed by atoms with Crippen LogP contribution < -0.4 is 14.2 Å². The first kappa shape index (κ1) is 18.5. The summed E-state index contributed by atoms with van der Waals surface area (Å²) in [4.78, 5) is 15.9. The molecular formula is C22H21NO4. The summed E-state index contributed by atoms with van der Waals surface area (Å²) in [5.74, 6) is 1.49. The van der Waals surface area contributed by atoms with E-state index in [4.69, 9.17) is 14.2 Å². The fraction of sp³-hybridized carbons (Fsp3) is 0.182. The van der Waals surface area contributed by atoms with Crippen LogP contribution in [0.15, 0.2) is 48.5 Å². The van der Waals surface area contributed by atoms with E-state index >= 15 is 0 Å². The number of esters is 1. The van der Waals surface area contributed by atoms with Crippen LogP contribution >= 0.6 is 0 Å². The zero-order valence-corrected chi connectivity index (χ0v) is 15.6. The van der Waals surface area contributed by atoms with Crippen LogP contribution in [0.25, 0.3) is 23.1 Å². The second-order valence-electron chi connectivity index (χ2n) is 5.83. The van der Waals surface area contributed by atoms with E-state index in [-0.39, 0.29) is 5.97 Å². The Morgan fingerprint density at radius 1 is 1.04 bits per heavy atom. The van der Waals surface area contributed by atoms with Crippen LogP contribution in [0.4, 0.5) is 0 Å². The SMILES string of the molecule is CCOc1cc(C=Cc2ccc3cccc(OC(C)=O)c3n2)ccc1OC. The monoisotopic (exact) mass is 363 g/mol. The predicted molar refractivity (Wildman–Crippen MR) is 106 cm³/mol. The van der Waals surface area contributed by atoms with Crippen LogP contribution in [0.3, 0.4) is 0 Å². The van der Waals surface area contributed by atoms with E-state index in [0.717, 1.165) is 16.6 Å². The van der Waals surface area contributed by atoms with Crippen molar-refractivity contribution in [2.75, 3.05) is 13.7 Å². The number of hydrogen-bond donors (Lipinski definition) is 0. The Morgan fingerprint density at radius 2 is 1.89 bits per heavy atom. The van der Waals surface area contributed by atoms with Crippen molar-refractivity contribution >= 4 is 29.0 Å².